The Hall–Kier alpha value is -6.80. The number of alkyl halides is 6. The third-order valence-corrected chi connectivity index (χ3v) is 25.6. The van der Waals surface area contributed by atoms with Gasteiger partial charge in [-0.3, -0.25) is 0 Å². The van der Waals surface area contributed by atoms with E-state index in [4.69, 9.17) is 13.5 Å². The number of benzene rings is 9. The predicted molar refractivity (Wildman–Crippen MR) is 294 cm³/mol. The molecule has 0 aromatic heterocycles. The molecule has 9 rings (SSSR count). The summed E-state index contributed by atoms with van der Waals surface area (Å²) in [7, 11) is -2.07. The summed E-state index contributed by atoms with van der Waals surface area (Å²) in [6.07, 6.45) is -8.48. The average molecular weight is 1030 g/mol. The van der Waals surface area contributed by atoms with Gasteiger partial charge in [-0.25, -0.2) is 0 Å². The van der Waals surface area contributed by atoms with Crippen LogP contribution in [0, 0.1) is 0 Å². The third-order valence-electron chi connectivity index (χ3n) is 14.1. The van der Waals surface area contributed by atoms with Crippen molar-refractivity contribution in [2.24, 2.45) is 0 Å². The van der Waals surface area contributed by atoms with Gasteiger partial charge in [-0.15, -0.1) is 0 Å². The number of rotatable bonds is 18. The summed E-state index contributed by atoms with van der Waals surface area (Å²) in [5.41, 5.74) is 0.814. The van der Waals surface area contributed by atoms with Crippen LogP contribution in [0.15, 0.2) is 249 Å². The van der Waals surface area contributed by atoms with Crippen LogP contribution in [-0.2, 0) is 46.4 Å². The topological polar surface area (TPSA) is 27.7 Å². The Morgan fingerprint density at radius 2 is 0.581 bits per heavy atom. The van der Waals surface area contributed by atoms with E-state index in [1.807, 2.05) is 182 Å². The molecule has 0 unspecified atom stereocenters. The van der Waals surface area contributed by atoms with Gasteiger partial charge in [0, 0.05) is 0 Å². The van der Waals surface area contributed by atoms with E-state index in [9.17, 15) is 26.3 Å². The summed E-state index contributed by atoms with van der Waals surface area (Å²) in [5, 5.41) is 4.26. The van der Waals surface area contributed by atoms with E-state index in [-0.39, 0.29) is 18.4 Å². The molecule has 0 fully saturated rings. The van der Waals surface area contributed by atoms with Gasteiger partial charge in [-0.05, 0) is 0 Å². The molecule has 0 saturated carbocycles. The van der Waals surface area contributed by atoms with Crippen LogP contribution in [-0.4, -0.2) is 7.32 Å². The molecule has 12 heteroatoms. The molecule has 0 amide bonds. The molecule has 3 nitrogen and oxygen atoms in total. The van der Waals surface area contributed by atoms with Crippen molar-refractivity contribution in [2.75, 3.05) is 0 Å². The number of halogens is 6. The Bertz CT molecular complexity index is 2840. The number of hydrogen-bond acceptors (Lipinski definition) is 3. The molecule has 376 valence electrons. The SMILES string of the molecule is CCc1ccc(CP(OB(Oc2cc(C(F)(F)F)cc(C(F)(F)F)c2)OP(Cc2ccc(CC)cc2)(c2ccccc2)(c2ccccc2)c2ccccc2)(c2ccccc2)(c2ccccc2)c2ccccc2)cc1. The molecule has 74 heavy (non-hydrogen) atoms. The monoisotopic (exact) mass is 1030 g/mol. The van der Waals surface area contributed by atoms with Crippen LogP contribution in [0.4, 0.5) is 26.3 Å². The number of hydrogen-bond donors (Lipinski definition) is 0. The van der Waals surface area contributed by atoms with Crippen molar-refractivity contribution in [3.05, 3.63) is 282 Å². The van der Waals surface area contributed by atoms with Gasteiger partial charge < -0.3 is 0 Å². The summed E-state index contributed by atoms with van der Waals surface area (Å²) in [6.45, 7) is -5.52. The van der Waals surface area contributed by atoms with Gasteiger partial charge in [0.15, 0.2) is 0 Å². The van der Waals surface area contributed by atoms with Crippen LogP contribution in [0.25, 0.3) is 0 Å². The summed E-state index contributed by atoms with van der Waals surface area (Å²) in [6, 6.07) is 75.6. The molecule has 0 atom stereocenters. The first-order valence-corrected chi connectivity index (χ1v) is 29.2. The first-order valence-electron chi connectivity index (χ1n) is 24.6. The predicted octanol–water partition coefficient (Wildman–Crippen LogP) is 14.5. The van der Waals surface area contributed by atoms with Gasteiger partial charge in [0.05, 0.1) is 0 Å². The van der Waals surface area contributed by atoms with Crippen molar-refractivity contribution in [3.63, 3.8) is 0 Å². The van der Waals surface area contributed by atoms with Gasteiger partial charge in [0.1, 0.15) is 0 Å². The quantitative estimate of drug-likeness (QED) is 0.0487. The van der Waals surface area contributed by atoms with Crippen molar-refractivity contribution < 1.29 is 39.9 Å². The molecule has 0 saturated heterocycles. The average Bonchev–Trinajstić information content (AvgIpc) is 3.44. The Morgan fingerprint density at radius 3 is 0.811 bits per heavy atom. The van der Waals surface area contributed by atoms with E-state index in [1.165, 1.54) is 0 Å². The molecule has 0 spiro atoms. The van der Waals surface area contributed by atoms with E-state index >= 15 is 0 Å². The second-order valence-corrected chi connectivity index (χ2v) is 27.5. The van der Waals surface area contributed by atoms with E-state index < -0.39 is 50.2 Å². The molecule has 9 aromatic rings. The van der Waals surface area contributed by atoms with E-state index in [2.05, 4.69) is 62.4 Å². The van der Waals surface area contributed by atoms with Gasteiger partial charge >= 0.3 is 432 Å². The van der Waals surface area contributed by atoms with Gasteiger partial charge in [0.2, 0.25) is 0 Å². The zero-order chi connectivity index (χ0) is 51.9. The minimum atomic E-state index is -5.19. The molecule has 0 aliphatic rings. The first-order chi connectivity index (χ1) is 35.7. The van der Waals surface area contributed by atoms with Crippen molar-refractivity contribution in [2.45, 2.75) is 51.4 Å². The second kappa shape index (κ2) is 21.2. The summed E-state index contributed by atoms with van der Waals surface area (Å²) in [5.74, 6) is -0.756. The standard InChI is InChI=1S/C62H55BF6O3P2/c1-3-48-35-39-50(40-36-48)46-73(55-23-11-5-12-24-55,56-25-13-6-14-26-56,57-27-15-7-16-28-57)71-63(70-54-44-52(61(64,65)66)43-53(45-54)62(67,68)69)72-74(58-29-17-8-18-30-58,59-31-19-9-20-32-59,60-33-21-10-22-34-60)47-51-41-37-49(4-2)38-42-51/h5-45H,3-4,46-47H2,1-2H3. The maximum absolute atomic E-state index is 15.0. The molecule has 0 radical (unpaired) electrons. The van der Waals surface area contributed by atoms with Crippen molar-refractivity contribution >= 4 is 52.8 Å². The van der Waals surface area contributed by atoms with Gasteiger partial charge in [0.25, 0.3) is 0 Å². The molecule has 0 aliphatic carbocycles. The Morgan fingerprint density at radius 1 is 0.338 bits per heavy atom. The fourth-order valence-corrected chi connectivity index (χ4v) is 21.7. The van der Waals surface area contributed by atoms with Crippen LogP contribution >= 0.6 is 13.7 Å². The van der Waals surface area contributed by atoms with E-state index in [0.717, 1.165) is 35.1 Å². The van der Waals surface area contributed by atoms with E-state index in [1.54, 1.807) is 0 Å². The first kappa shape index (κ1) is 52.1. The Labute approximate surface area is 430 Å². The zero-order valence-electron chi connectivity index (χ0n) is 41.0. The fraction of sp³-hybridized carbons (Fsp3) is 0.129. The fourth-order valence-electron chi connectivity index (χ4n) is 10.3. The van der Waals surface area contributed by atoms with Gasteiger partial charge in [-0.1, -0.05) is 0 Å². The van der Waals surface area contributed by atoms with E-state index in [0.29, 0.717) is 44.0 Å². The summed E-state index contributed by atoms with van der Waals surface area (Å²) >= 11 is 0. The van der Waals surface area contributed by atoms with Crippen molar-refractivity contribution in [1.82, 2.24) is 0 Å². The maximum atomic E-state index is 15.0. The molecular formula is C62H55BF6O3P2. The molecule has 0 heterocycles. The van der Waals surface area contributed by atoms with Crippen molar-refractivity contribution in [3.8, 4) is 5.75 Å². The normalized spacial score (nSPS) is 13.2. The van der Waals surface area contributed by atoms with Crippen LogP contribution < -0.4 is 36.5 Å². The molecular weight excluding hydrogens is 979 g/mol. The van der Waals surface area contributed by atoms with Crippen LogP contribution in [0.5, 0.6) is 5.75 Å². The summed E-state index contributed by atoms with van der Waals surface area (Å²) in [4.78, 5) is 0. The van der Waals surface area contributed by atoms with Crippen LogP contribution in [0.2, 0.25) is 0 Å². The summed E-state index contributed by atoms with van der Waals surface area (Å²) < 4.78 is 113. The molecule has 0 N–H and O–H groups in total. The minimum absolute atomic E-state index is 0.0966. The molecule has 0 bridgehead atoms. The van der Waals surface area contributed by atoms with Crippen LogP contribution in [0.1, 0.15) is 47.2 Å². The Balaban J connectivity index is 1.47. The second-order valence-electron chi connectivity index (χ2n) is 18.5. The third kappa shape index (κ3) is 9.85. The molecule has 0 aliphatic heterocycles. The molecule has 9 aromatic carbocycles. The van der Waals surface area contributed by atoms with Crippen molar-refractivity contribution in [1.29, 1.82) is 0 Å². The van der Waals surface area contributed by atoms with Crippen LogP contribution in [0.3, 0.4) is 0 Å². The zero-order valence-corrected chi connectivity index (χ0v) is 42.8. The Kier molecular flexibility index (Phi) is 14.9. The van der Waals surface area contributed by atoms with Gasteiger partial charge in [-0.2, -0.15) is 0 Å². The number of aryl methyl sites for hydroxylation is 2.